The van der Waals surface area contributed by atoms with Crippen molar-refractivity contribution < 1.29 is 9.53 Å². The summed E-state index contributed by atoms with van der Waals surface area (Å²) in [5.74, 6) is 0.0772. The van der Waals surface area contributed by atoms with Gasteiger partial charge in [-0.15, -0.1) is 22.7 Å². The number of thiazole rings is 1. The van der Waals surface area contributed by atoms with Gasteiger partial charge in [0, 0.05) is 5.38 Å². The van der Waals surface area contributed by atoms with E-state index in [2.05, 4.69) is 10.3 Å². The Labute approximate surface area is 140 Å². The number of nitriles is 1. The zero-order valence-corrected chi connectivity index (χ0v) is 13.5. The summed E-state index contributed by atoms with van der Waals surface area (Å²) in [6.07, 6.45) is 0. The number of thiophene rings is 1. The van der Waals surface area contributed by atoms with Crippen LogP contribution in [-0.4, -0.2) is 17.5 Å². The highest BCUT2D eigenvalue weighted by Gasteiger charge is 2.10. The van der Waals surface area contributed by atoms with E-state index in [0.29, 0.717) is 16.4 Å². The fourth-order valence-corrected chi connectivity index (χ4v) is 3.34. The number of amides is 1. The normalized spacial score (nSPS) is 10.0. The summed E-state index contributed by atoms with van der Waals surface area (Å²) in [4.78, 5) is 17.4. The van der Waals surface area contributed by atoms with Crippen LogP contribution in [0.3, 0.4) is 0 Å². The second-order valence-electron chi connectivity index (χ2n) is 4.46. The average molecular weight is 341 g/mol. The van der Waals surface area contributed by atoms with Gasteiger partial charge in [0.15, 0.2) is 11.7 Å². The molecule has 0 unspecified atom stereocenters. The molecule has 0 aliphatic rings. The van der Waals surface area contributed by atoms with Crippen molar-refractivity contribution >= 4 is 33.7 Å². The minimum Gasteiger partial charge on any atom is -0.482 e. The first-order valence-electron chi connectivity index (χ1n) is 6.67. The summed E-state index contributed by atoms with van der Waals surface area (Å²) in [6, 6.07) is 12.8. The zero-order chi connectivity index (χ0) is 16.1. The number of carbonyl (C=O) groups excluding carboxylic acids is 1. The molecular weight excluding hydrogens is 330 g/mol. The molecule has 114 valence electrons. The molecule has 0 radical (unpaired) electrons. The highest BCUT2D eigenvalue weighted by atomic mass is 32.1. The van der Waals surface area contributed by atoms with Crippen molar-refractivity contribution in [2.75, 3.05) is 11.9 Å². The molecule has 3 aromatic rings. The van der Waals surface area contributed by atoms with E-state index in [1.807, 2.05) is 29.0 Å². The van der Waals surface area contributed by atoms with E-state index in [1.54, 1.807) is 35.6 Å². The third-order valence-electron chi connectivity index (χ3n) is 2.89. The Morgan fingerprint density at radius 1 is 1.26 bits per heavy atom. The van der Waals surface area contributed by atoms with Crippen molar-refractivity contribution in [2.45, 2.75) is 0 Å². The van der Waals surface area contributed by atoms with Gasteiger partial charge in [0.2, 0.25) is 0 Å². The van der Waals surface area contributed by atoms with Gasteiger partial charge in [-0.1, -0.05) is 18.2 Å². The van der Waals surface area contributed by atoms with Crippen molar-refractivity contribution in [1.82, 2.24) is 4.98 Å². The maximum atomic E-state index is 11.9. The van der Waals surface area contributed by atoms with Gasteiger partial charge in [0.05, 0.1) is 16.1 Å². The highest BCUT2D eigenvalue weighted by Crippen LogP contribution is 2.28. The molecule has 0 bridgehead atoms. The minimum atomic E-state index is -0.315. The molecule has 2 aromatic heterocycles. The van der Waals surface area contributed by atoms with Crippen molar-refractivity contribution in [3.05, 3.63) is 52.7 Å². The summed E-state index contributed by atoms with van der Waals surface area (Å²) >= 11 is 2.96. The number of benzene rings is 1. The van der Waals surface area contributed by atoms with Crippen LogP contribution in [0.5, 0.6) is 5.75 Å². The summed E-state index contributed by atoms with van der Waals surface area (Å²) in [6.45, 7) is -0.174. The molecule has 0 atom stereocenters. The molecule has 0 spiro atoms. The van der Waals surface area contributed by atoms with Crippen LogP contribution in [0, 0.1) is 11.3 Å². The van der Waals surface area contributed by atoms with Crippen molar-refractivity contribution in [3.8, 4) is 22.4 Å². The van der Waals surface area contributed by atoms with E-state index in [1.165, 1.54) is 11.3 Å². The number of carbonyl (C=O) groups is 1. The second kappa shape index (κ2) is 7.05. The molecule has 0 aliphatic carbocycles. The van der Waals surface area contributed by atoms with E-state index in [0.717, 1.165) is 10.6 Å². The molecular formula is C16H11N3O2S2. The van der Waals surface area contributed by atoms with Gasteiger partial charge >= 0.3 is 0 Å². The molecule has 0 fully saturated rings. The van der Waals surface area contributed by atoms with Gasteiger partial charge < -0.3 is 4.74 Å². The predicted octanol–water partition coefficient (Wildman–Crippen LogP) is 3.76. The standard InChI is InChI=1S/C16H11N3O2S2/c17-8-11-4-1-2-5-13(11)21-9-15(20)19-16-18-12(10-23-16)14-6-3-7-22-14/h1-7,10H,9H2,(H,18,19,20). The number of anilines is 1. The quantitative estimate of drug-likeness (QED) is 0.767. The van der Waals surface area contributed by atoms with E-state index in [9.17, 15) is 4.79 Å². The third-order valence-corrected chi connectivity index (χ3v) is 4.54. The van der Waals surface area contributed by atoms with E-state index < -0.39 is 0 Å². The predicted molar refractivity (Wildman–Crippen MR) is 90.7 cm³/mol. The van der Waals surface area contributed by atoms with E-state index in [4.69, 9.17) is 10.00 Å². The summed E-state index contributed by atoms with van der Waals surface area (Å²) in [5, 5.41) is 16.1. The lowest BCUT2D eigenvalue weighted by Gasteiger charge is -2.06. The maximum absolute atomic E-state index is 11.9. The molecule has 0 saturated carbocycles. The van der Waals surface area contributed by atoms with Crippen LogP contribution >= 0.6 is 22.7 Å². The van der Waals surface area contributed by atoms with Gasteiger partial charge in [-0.2, -0.15) is 5.26 Å². The van der Waals surface area contributed by atoms with Crippen LogP contribution in [0.4, 0.5) is 5.13 Å². The molecule has 0 saturated heterocycles. The van der Waals surface area contributed by atoms with Crippen LogP contribution in [0.25, 0.3) is 10.6 Å². The number of hydrogen-bond donors (Lipinski definition) is 1. The molecule has 23 heavy (non-hydrogen) atoms. The molecule has 1 N–H and O–H groups in total. The Morgan fingerprint density at radius 3 is 2.91 bits per heavy atom. The summed E-state index contributed by atoms with van der Waals surface area (Å²) in [5.41, 5.74) is 1.24. The Bertz CT molecular complexity index is 850. The van der Waals surface area contributed by atoms with Gasteiger partial charge in [-0.05, 0) is 23.6 Å². The lowest BCUT2D eigenvalue weighted by Crippen LogP contribution is -2.20. The number of nitrogens with zero attached hydrogens (tertiary/aromatic N) is 2. The van der Waals surface area contributed by atoms with E-state index in [-0.39, 0.29) is 12.5 Å². The van der Waals surface area contributed by atoms with E-state index >= 15 is 0 Å². The van der Waals surface area contributed by atoms with Crippen LogP contribution in [0.2, 0.25) is 0 Å². The smallest absolute Gasteiger partial charge is 0.264 e. The Hall–Kier alpha value is -2.69. The molecule has 0 aliphatic heterocycles. The van der Waals surface area contributed by atoms with Crippen LogP contribution in [-0.2, 0) is 4.79 Å². The van der Waals surface area contributed by atoms with Gasteiger partial charge in [0.1, 0.15) is 11.8 Å². The number of hydrogen-bond acceptors (Lipinski definition) is 6. The molecule has 1 aromatic carbocycles. The molecule has 3 rings (SSSR count). The number of para-hydroxylation sites is 1. The Kier molecular flexibility index (Phi) is 4.66. The first-order chi connectivity index (χ1) is 11.3. The molecule has 5 nitrogen and oxygen atoms in total. The number of aromatic nitrogens is 1. The van der Waals surface area contributed by atoms with Crippen molar-refractivity contribution in [3.63, 3.8) is 0 Å². The summed E-state index contributed by atoms with van der Waals surface area (Å²) < 4.78 is 5.39. The third kappa shape index (κ3) is 3.74. The Balaban J connectivity index is 1.59. The van der Waals surface area contributed by atoms with Crippen LogP contribution in [0.15, 0.2) is 47.2 Å². The zero-order valence-electron chi connectivity index (χ0n) is 11.9. The topological polar surface area (TPSA) is 75.0 Å². The average Bonchev–Trinajstić information content (AvgIpc) is 3.24. The fraction of sp³-hybridized carbons (Fsp3) is 0.0625. The van der Waals surface area contributed by atoms with Crippen LogP contribution < -0.4 is 10.1 Å². The van der Waals surface area contributed by atoms with Crippen molar-refractivity contribution in [1.29, 1.82) is 5.26 Å². The number of ether oxygens (including phenoxy) is 1. The van der Waals surface area contributed by atoms with Gasteiger partial charge in [0.25, 0.3) is 5.91 Å². The lowest BCUT2D eigenvalue weighted by atomic mass is 10.2. The second-order valence-corrected chi connectivity index (χ2v) is 6.27. The minimum absolute atomic E-state index is 0.174. The van der Waals surface area contributed by atoms with Gasteiger partial charge in [-0.3, -0.25) is 10.1 Å². The number of rotatable bonds is 5. The SMILES string of the molecule is N#Cc1ccccc1OCC(=O)Nc1nc(-c2cccs2)cs1. The highest BCUT2D eigenvalue weighted by molar-refractivity contribution is 7.16. The Morgan fingerprint density at radius 2 is 2.13 bits per heavy atom. The first-order valence-corrected chi connectivity index (χ1v) is 8.43. The summed E-state index contributed by atoms with van der Waals surface area (Å²) in [7, 11) is 0. The monoisotopic (exact) mass is 341 g/mol. The molecule has 2 heterocycles. The van der Waals surface area contributed by atoms with Crippen LogP contribution in [0.1, 0.15) is 5.56 Å². The largest absolute Gasteiger partial charge is 0.482 e. The number of nitrogens with one attached hydrogen (secondary N) is 1. The maximum Gasteiger partial charge on any atom is 0.264 e. The first kappa shape index (κ1) is 15.2. The van der Waals surface area contributed by atoms with Crippen molar-refractivity contribution in [2.24, 2.45) is 0 Å². The molecule has 7 heteroatoms. The fourth-order valence-electron chi connectivity index (χ4n) is 1.85. The molecule has 1 amide bonds. The van der Waals surface area contributed by atoms with Gasteiger partial charge in [-0.25, -0.2) is 4.98 Å². The lowest BCUT2D eigenvalue weighted by molar-refractivity contribution is -0.118.